The zero-order valence-electron chi connectivity index (χ0n) is 14.9. The van der Waals surface area contributed by atoms with E-state index in [1.807, 2.05) is 0 Å². The van der Waals surface area contributed by atoms with Crippen LogP contribution in [0.3, 0.4) is 0 Å². The number of aromatic nitrogens is 3. The molecule has 2 heterocycles. The fraction of sp³-hybridized carbons (Fsp3) is 0.368. The van der Waals surface area contributed by atoms with Gasteiger partial charge in [0.15, 0.2) is 0 Å². The lowest BCUT2D eigenvalue weighted by Crippen LogP contribution is -2.31. The highest BCUT2D eigenvalue weighted by Crippen LogP contribution is 2.44. The minimum atomic E-state index is -1.15. The Morgan fingerprint density at radius 3 is 2.75 bits per heavy atom. The lowest BCUT2D eigenvalue weighted by Gasteiger charge is -2.24. The van der Waals surface area contributed by atoms with Gasteiger partial charge in [-0.1, -0.05) is 17.7 Å². The summed E-state index contributed by atoms with van der Waals surface area (Å²) in [6.07, 6.45) is 0.0715. The highest BCUT2D eigenvalue weighted by Gasteiger charge is 2.46. The van der Waals surface area contributed by atoms with E-state index in [0.29, 0.717) is 39.4 Å². The molecule has 4 rings (SSSR count). The van der Waals surface area contributed by atoms with Gasteiger partial charge in [-0.2, -0.15) is 0 Å². The number of nitrogens with zero attached hydrogens (tertiary/aromatic N) is 3. The number of rotatable bonds is 4. The van der Waals surface area contributed by atoms with Crippen molar-refractivity contribution in [2.24, 2.45) is 5.92 Å². The van der Waals surface area contributed by atoms with Crippen LogP contribution in [-0.4, -0.2) is 47.2 Å². The average Bonchev–Trinajstić information content (AvgIpc) is 3.24. The van der Waals surface area contributed by atoms with Crippen LogP contribution in [-0.2, 0) is 6.61 Å². The lowest BCUT2D eigenvalue weighted by molar-refractivity contribution is -0.0268. The van der Waals surface area contributed by atoms with E-state index in [2.05, 4.69) is 9.97 Å². The fourth-order valence-electron chi connectivity index (χ4n) is 4.12. The topological polar surface area (TPSA) is 138 Å². The Morgan fingerprint density at radius 1 is 1.21 bits per heavy atom. The quantitative estimate of drug-likeness (QED) is 0.440. The van der Waals surface area contributed by atoms with E-state index in [1.54, 1.807) is 35.0 Å². The van der Waals surface area contributed by atoms with Crippen LogP contribution in [0.15, 0.2) is 36.8 Å². The van der Waals surface area contributed by atoms with E-state index in [0.717, 1.165) is 0 Å². The first-order valence-corrected chi connectivity index (χ1v) is 9.30. The van der Waals surface area contributed by atoms with Crippen molar-refractivity contribution in [3.63, 3.8) is 0 Å². The summed E-state index contributed by atoms with van der Waals surface area (Å²) in [5.74, 6) is -0.301. The van der Waals surface area contributed by atoms with Crippen LogP contribution in [0.5, 0.6) is 0 Å². The van der Waals surface area contributed by atoms with Crippen molar-refractivity contribution in [1.82, 2.24) is 14.5 Å². The molecular weight excluding hydrogens is 384 g/mol. The lowest BCUT2D eigenvalue weighted by atomic mass is 9.90. The van der Waals surface area contributed by atoms with Crippen LogP contribution in [0.1, 0.15) is 29.7 Å². The average molecular weight is 405 g/mol. The van der Waals surface area contributed by atoms with Crippen molar-refractivity contribution in [2.75, 3.05) is 5.73 Å². The Morgan fingerprint density at radius 2 is 2.00 bits per heavy atom. The maximum absolute atomic E-state index is 10.9. The van der Waals surface area contributed by atoms with Gasteiger partial charge in [0, 0.05) is 17.1 Å². The third-order valence-corrected chi connectivity index (χ3v) is 5.83. The predicted octanol–water partition coefficient (Wildman–Crippen LogP) is 1.18. The Balaban J connectivity index is 1.67. The number of aliphatic hydroxyl groups excluding tert-OH is 4. The number of nitrogens with two attached hydrogens (primary N) is 1. The molecule has 1 aromatic carbocycles. The molecule has 1 aliphatic rings. The molecular formula is C19H21ClN4O4. The zero-order chi connectivity index (χ0) is 20.0. The van der Waals surface area contributed by atoms with Gasteiger partial charge in [-0.25, -0.2) is 9.97 Å². The highest BCUT2D eigenvalue weighted by molar-refractivity contribution is 6.30. The molecule has 0 radical (unpaired) electrons. The molecule has 0 spiro atoms. The zero-order valence-corrected chi connectivity index (χ0v) is 15.6. The first kappa shape index (κ1) is 19.1. The molecule has 1 aliphatic carbocycles. The number of hydrogen-bond acceptors (Lipinski definition) is 7. The van der Waals surface area contributed by atoms with Crippen LogP contribution >= 0.6 is 11.6 Å². The molecule has 6 N–H and O–H groups in total. The number of aliphatic hydroxyl groups is 4. The maximum Gasteiger partial charge on any atom is 0.145 e. The number of benzene rings is 1. The molecule has 28 heavy (non-hydrogen) atoms. The van der Waals surface area contributed by atoms with E-state index in [1.165, 1.54) is 6.33 Å². The van der Waals surface area contributed by atoms with Crippen LogP contribution in [0, 0.1) is 5.92 Å². The van der Waals surface area contributed by atoms with E-state index < -0.39 is 30.3 Å². The summed E-state index contributed by atoms with van der Waals surface area (Å²) in [5.41, 5.74) is 7.39. The van der Waals surface area contributed by atoms with E-state index in [4.69, 9.17) is 17.3 Å². The van der Waals surface area contributed by atoms with Crippen LogP contribution in [0.4, 0.5) is 5.82 Å². The third-order valence-electron chi connectivity index (χ3n) is 5.59. The molecule has 148 valence electrons. The summed E-state index contributed by atoms with van der Waals surface area (Å²) >= 11 is 5.96. The van der Waals surface area contributed by atoms with Crippen LogP contribution < -0.4 is 5.73 Å². The van der Waals surface area contributed by atoms with Crippen molar-refractivity contribution in [1.29, 1.82) is 0 Å². The van der Waals surface area contributed by atoms with Gasteiger partial charge in [0.1, 0.15) is 23.9 Å². The van der Waals surface area contributed by atoms with E-state index in [9.17, 15) is 20.4 Å². The Labute approximate surface area is 165 Å². The molecule has 0 aliphatic heterocycles. The smallest absolute Gasteiger partial charge is 0.145 e. The monoisotopic (exact) mass is 404 g/mol. The molecule has 0 unspecified atom stereocenters. The second-order valence-corrected chi connectivity index (χ2v) is 7.55. The van der Waals surface area contributed by atoms with Gasteiger partial charge in [0.05, 0.1) is 30.2 Å². The highest BCUT2D eigenvalue weighted by atomic mass is 35.5. The van der Waals surface area contributed by atoms with Crippen LogP contribution in [0.25, 0.3) is 11.0 Å². The Hall–Kier alpha value is -2.23. The second kappa shape index (κ2) is 7.31. The molecule has 8 nitrogen and oxygen atoms in total. The summed E-state index contributed by atoms with van der Waals surface area (Å²) in [4.78, 5) is 8.20. The minimum Gasteiger partial charge on any atom is -0.392 e. The minimum absolute atomic E-state index is 0.291. The fourth-order valence-corrected chi connectivity index (χ4v) is 4.32. The molecule has 5 atom stereocenters. The third kappa shape index (κ3) is 3.03. The maximum atomic E-state index is 10.9. The van der Waals surface area contributed by atoms with Gasteiger partial charge in [-0.3, -0.25) is 0 Å². The Bertz CT molecular complexity index is 1010. The number of halogens is 1. The van der Waals surface area contributed by atoms with Gasteiger partial charge >= 0.3 is 0 Å². The summed E-state index contributed by atoms with van der Waals surface area (Å²) in [7, 11) is 0. The number of hydrogen-bond donors (Lipinski definition) is 5. The van der Waals surface area contributed by atoms with E-state index in [-0.39, 0.29) is 6.61 Å². The van der Waals surface area contributed by atoms with Gasteiger partial charge in [0.2, 0.25) is 0 Å². The summed E-state index contributed by atoms with van der Waals surface area (Å²) in [6.45, 7) is -0.291. The number of fused-ring (bicyclic) bond motifs is 1. The van der Waals surface area contributed by atoms with Crippen molar-refractivity contribution in [3.05, 3.63) is 52.9 Å². The summed E-state index contributed by atoms with van der Waals surface area (Å²) in [5, 5.41) is 42.9. The summed E-state index contributed by atoms with van der Waals surface area (Å²) < 4.78 is 1.75. The molecule has 1 fully saturated rings. The molecule has 9 heteroatoms. The van der Waals surface area contributed by atoms with E-state index >= 15 is 0 Å². The predicted molar refractivity (Wildman–Crippen MR) is 103 cm³/mol. The van der Waals surface area contributed by atoms with Crippen molar-refractivity contribution in [2.45, 2.75) is 37.4 Å². The van der Waals surface area contributed by atoms with Crippen molar-refractivity contribution in [3.8, 4) is 0 Å². The normalized spacial score (nSPS) is 26.0. The van der Waals surface area contributed by atoms with Gasteiger partial charge in [-0.05, 0) is 35.7 Å². The summed E-state index contributed by atoms with van der Waals surface area (Å²) in [6, 6.07) is 6.09. The number of nitrogen functional groups attached to an aromatic ring is 1. The standard InChI is InChI=1S/C19H21ClN4O4/c20-10-1-2-11(9(5-10)7-25)15(26)13-6-14(17(28)16(13)27)24-4-3-12-18(21)22-8-23-19(12)24/h1-5,8,13-17,25-28H,6-7H2,(H2,21,22,23)/t13-,14-,15+,16-,17+/m1/s1. The van der Waals surface area contributed by atoms with Crippen LogP contribution in [0.2, 0.25) is 5.02 Å². The molecule has 2 aromatic heterocycles. The molecule has 0 bridgehead atoms. The molecule has 0 amide bonds. The van der Waals surface area contributed by atoms with Gasteiger partial charge in [-0.15, -0.1) is 0 Å². The molecule has 0 saturated heterocycles. The molecule has 1 saturated carbocycles. The van der Waals surface area contributed by atoms with Crippen molar-refractivity contribution < 1.29 is 20.4 Å². The van der Waals surface area contributed by atoms with Crippen molar-refractivity contribution >= 4 is 28.5 Å². The largest absolute Gasteiger partial charge is 0.392 e. The number of anilines is 1. The SMILES string of the molecule is Nc1ncnc2c1ccn2[C@@H]1C[C@H]([C@@H](O)c2ccc(Cl)cc2CO)[C@@H](O)[C@H]1O. The van der Waals surface area contributed by atoms with Gasteiger partial charge in [0.25, 0.3) is 0 Å². The first-order chi connectivity index (χ1) is 13.4. The second-order valence-electron chi connectivity index (χ2n) is 7.11. The first-order valence-electron chi connectivity index (χ1n) is 8.92. The molecule has 3 aromatic rings. The van der Waals surface area contributed by atoms with Gasteiger partial charge < -0.3 is 30.7 Å². The Kier molecular flexibility index (Phi) is 4.98.